The fourth-order valence-electron chi connectivity index (χ4n) is 2.43. The van der Waals surface area contributed by atoms with Gasteiger partial charge in [-0.1, -0.05) is 26.0 Å². The SMILES string of the molecule is CC(C)CC(CN(C)C)NC(C)c1cccc(F)c1. The number of benzene rings is 1. The van der Waals surface area contributed by atoms with E-state index in [4.69, 9.17) is 0 Å². The lowest BCUT2D eigenvalue weighted by Crippen LogP contribution is -2.40. The van der Waals surface area contributed by atoms with Crippen molar-refractivity contribution in [2.75, 3.05) is 20.6 Å². The second kappa shape index (κ2) is 7.61. The molecular weight excluding hydrogens is 239 g/mol. The highest BCUT2D eigenvalue weighted by molar-refractivity contribution is 5.19. The Morgan fingerprint density at radius 1 is 1.21 bits per heavy atom. The molecule has 0 fully saturated rings. The van der Waals surface area contributed by atoms with Gasteiger partial charge in [0.25, 0.3) is 0 Å². The van der Waals surface area contributed by atoms with E-state index in [1.165, 1.54) is 6.07 Å². The molecule has 3 heteroatoms. The van der Waals surface area contributed by atoms with Crippen molar-refractivity contribution in [1.82, 2.24) is 10.2 Å². The number of nitrogens with zero attached hydrogens (tertiary/aromatic N) is 1. The highest BCUT2D eigenvalue weighted by atomic mass is 19.1. The average molecular weight is 266 g/mol. The van der Waals surface area contributed by atoms with Crippen LogP contribution in [-0.2, 0) is 0 Å². The number of hydrogen-bond donors (Lipinski definition) is 1. The first-order valence-electron chi connectivity index (χ1n) is 7.04. The minimum Gasteiger partial charge on any atom is -0.308 e. The van der Waals surface area contributed by atoms with Crippen molar-refractivity contribution in [3.8, 4) is 0 Å². The summed E-state index contributed by atoms with van der Waals surface area (Å²) in [5.41, 5.74) is 1.01. The molecule has 0 heterocycles. The van der Waals surface area contributed by atoms with E-state index in [-0.39, 0.29) is 11.9 Å². The van der Waals surface area contributed by atoms with E-state index in [2.05, 4.69) is 45.1 Å². The molecule has 1 N–H and O–H groups in total. The van der Waals surface area contributed by atoms with Crippen LogP contribution in [0.5, 0.6) is 0 Å². The zero-order valence-electron chi connectivity index (χ0n) is 12.8. The molecule has 1 rings (SSSR count). The fourth-order valence-corrected chi connectivity index (χ4v) is 2.43. The maximum atomic E-state index is 13.2. The fraction of sp³-hybridized carbons (Fsp3) is 0.625. The van der Waals surface area contributed by atoms with Gasteiger partial charge < -0.3 is 10.2 Å². The van der Waals surface area contributed by atoms with E-state index in [1.807, 2.05) is 6.07 Å². The molecule has 108 valence electrons. The van der Waals surface area contributed by atoms with Gasteiger partial charge in [-0.15, -0.1) is 0 Å². The summed E-state index contributed by atoms with van der Waals surface area (Å²) >= 11 is 0. The van der Waals surface area contributed by atoms with Crippen molar-refractivity contribution in [3.05, 3.63) is 35.6 Å². The largest absolute Gasteiger partial charge is 0.308 e. The third kappa shape index (κ3) is 6.17. The van der Waals surface area contributed by atoms with Crippen LogP contribution in [0.15, 0.2) is 24.3 Å². The van der Waals surface area contributed by atoms with Gasteiger partial charge in [-0.3, -0.25) is 0 Å². The number of nitrogens with one attached hydrogen (secondary N) is 1. The lowest BCUT2D eigenvalue weighted by atomic mass is 10.0. The minimum atomic E-state index is -0.167. The second-order valence-electron chi connectivity index (χ2n) is 6.03. The highest BCUT2D eigenvalue weighted by Crippen LogP contribution is 2.16. The van der Waals surface area contributed by atoms with Crippen LogP contribution in [0.25, 0.3) is 0 Å². The molecule has 0 saturated heterocycles. The molecule has 0 bridgehead atoms. The Morgan fingerprint density at radius 3 is 2.42 bits per heavy atom. The van der Waals surface area contributed by atoms with E-state index < -0.39 is 0 Å². The van der Waals surface area contributed by atoms with E-state index >= 15 is 0 Å². The van der Waals surface area contributed by atoms with Crippen molar-refractivity contribution in [3.63, 3.8) is 0 Å². The Kier molecular flexibility index (Phi) is 6.46. The van der Waals surface area contributed by atoms with Gasteiger partial charge in [0.1, 0.15) is 5.82 Å². The Bertz CT molecular complexity index is 367. The lowest BCUT2D eigenvalue weighted by molar-refractivity contribution is 0.290. The van der Waals surface area contributed by atoms with E-state index in [1.54, 1.807) is 12.1 Å². The number of likely N-dealkylation sites (N-methyl/N-ethyl adjacent to an activating group) is 1. The molecule has 0 aliphatic rings. The molecule has 2 nitrogen and oxygen atoms in total. The normalized spacial score (nSPS) is 14.9. The van der Waals surface area contributed by atoms with Crippen molar-refractivity contribution in [1.29, 1.82) is 0 Å². The molecule has 0 saturated carbocycles. The van der Waals surface area contributed by atoms with Gasteiger partial charge in [-0.2, -0.15) is 0 Å². The predicted molar refractivity (Wildman–Crippen MR) is 79.7 cm³/mol. The van der Waals surface area contributed by atoms with Crippen LogP contribution in [0.3, 0.4) is 0 Å². The zero-order chi connectivity index (χ0) is 14.4. The van der Waals surface area contributed by atoms with Crippen LogP contribution >= 0.6 is 0 Å². The van der Waals surface area contributed by atoms with Crippen LogP contribution < -0.4 is 5.32 Å². The first-order valence-corrected chi connectivity index (χ1v) is 7.04. The number of hydrogen-bond acceptors (Lipinski definition) is 2. The summed E-state index contributed by atoms with van der Waals surface area (Å²) in [5.74, 6) is 0.483. The molecule has 0 aliphatic heterocycles. The summed E-state index contributed by atoms with van der Waals surface area (Å²) < 4.78 is 13.2. The molecule has 19 heavy (non-hydrogen) atoms. The van der Waals surface area contributed by atoms with Crippen molar-refractivity contribution in [2.45, 2.75) is 39.3 Å². The van der Waals surface area contributed by atoms with Gasteiger partial charge in [0.2, 0.25) is 0 Å². The standard InChI is InChI=1S/C16H27FN2/c1-12(2)9-16(11-19(4)5)18-13(3)14-7-6-8-15(17)10-14/h6-8,10,12-13,16,18H,9,11H2,1-5H3. The lowest BCUT2D eigenvalue weighted by Gasteiger charge is -2.27. The average Bonchev–Trinajstić information content (AvgIpc) is 2.26. The Hall–Kier alpha value is -0.930. The van der Waals surface area contributed by atoms with E-state index in [0.717, 1.165) is 18.5 Å². The van der Waals surface area contributed by atoms with Crippen LogP contribution in [-0.4, -0.2) is 31.6 Å². The molecular formula is C16H27FN2. The molecule has 0 spiro atoms. The monoisotopic (exact) mass is 266 g/mol. The summed E-state index contributed by atoms with van der Waals surface area (Å²) in [4.78, 5) is 2.19. The quantitative estimate of drug-likeness (QED) is 0.813. The predicted octanol–water partition coefficient (Wildman–Crippen LogP) is 3.45. The molecule has 0 radical (unpaired) electrons. The second-order valence-corrected chi connectivity index (χ2v) is 6.03. The van der Waals surface area contributed by atoms with Crippen LogP contribution in [0.1, 0.15) is 38.8 Å². The van der Waals surface area contributed by atoms with Crippen LogP contribution in [0.4, 0.5) is 4.39 Å². The van der Waals surface area contributed by atoms with Crippen LogP contribution in [0, 0.1) is 11.7 Å². The first-order chi connectivity index (χ1) is 8.88. The van der Waals surface area contributed by atoms with Gasteiger partial charge in [0.15, 0.2) is 0 Å². The molecule has 0 aliphatic carbocycles. The van der Waals surface area contributed by atoms with Crippen molar-refractivity contribution in [2.24, 2.45) is 5.92 Å². The molecule has 1 aromatic rings. The van der Waals surface area contributed by atoms with Gasteiger partial charge in [0.05, 0.1) is 0 Å². The summed E-state index contributed by atoms with van der Waals surface area (Å²) in [5, 5.41) is 3.61. The van der Waals surface area contributed by atoms with E-state index in [9.17, 15) is 4.39 Å². The third-order valence-electron chi connectivity index (χ3n) is 3.18. The molecule has 0 aromatic heterocycles. The number of rotatable bonds is 7. The molecule has 2 unspecified atom stereocenters. The smallest absolute Gasteiger partial charge is 0.123 e. The zero-order valence-corrected chi connectivity index (χ0v) is 12.8. The molecule has 2 atom stereocenters. The Morgan fingerprint density at radius 2 is 1.89 bits per heavy atom. The summed E-state index contributed by atoms with van der Waals surface area (Å²) in [6.45, 7) is 7.56. The Labute approximate surface area is 117 Å². The first kappa shape index (κ1) is 16.1. The van der Waals surface area contributed by atoms with Crippen molar-refractivity contribution >= 4 is 0 Å². The van der Waals surface area contributed by atoms with Gasteiger partial charge in [-0.25, -0.2) is 4.39 Å². The molecule has 1 aromatic carbocycles. The maximum absolute atomic E-state index is 13.2. The third-order valence-corrected chi connectivity index (χ3v) is 3.18. The van der Waals surface area contributed by atoms with Crippen LogP contribution in [0.2, 0.25) is 0 Å². The minimum absolute atomic E-state index is 0.166. The molecule has 0 amide bonds. The summed E-state index contributed by atoms with van der Waals surface area (Å²) in [7, 11) is 4.17. The van der Waals surface area contributed by atoms with Gasteiger partial charge in [-0.05, 0) is 51.1 Å². The number of halogens is 1. The van der Waals surface area contributed by atoms with Gasteiger partial charge in [0, 0.05) is 18.6 Å². The summed E-state index contributed by atoms with van der Waals surface area (Å²) in [6.07, 6.45) is 1.12. The maximum Gasteiger partial charge on any atom is 0.123 e. The van der Waals surface area contributed by atoms with E-state index in [0.29, 0.717) is 12.0 Å². The summed E-state index contributed by atoms with van der Waals surface area (Å²) in [6, 6.07) is 7.43. The van der Waals surface area contributed by atoms with Crippen molar-refractivity contribution < 1.29 is 4.39 Å². The Balaban J connectivity index is 2.66. The van der Waals surface area contributed by atoms with Gasteiger partial charge >= 0.3 is 0 Å². The topological polar surface area (TPSA) is 15.3 Å². The highest BCUT2D eigenvalue weighted by Gasteiger charge is 2.16.